The zero-order valence-electron chi connectivity index (χ0n) is 16.3. The molecule has 3 heterocycles. The lowest BCUT2D eigenvalue weighted by Gasteiger charge is -2.32. The SMILES string of the molecule is Cc1ccc(C)n1-c1ccc(C(=O)NC2CCN(c3ncccn3)CC2)cc1. The van der Waals surface area contributed by atoms with Crippen molar-refractivity contribution in [2.24, 2.45) is 0 Å². The maximum absolute atomic E-state index is 12.6. The van der Waals surface area contributed by atoms with Crippen molar-refractivity contribution in [2.75, 3.05) is 18.0 Å². The van der Waals surface area contributed by atoms with Crippen molar-refractivity contribution in [3.63, 3.8) is 0 Å². The van der Waals surface area contributed by atoms with Crippen LogP contribution in [0, 0.1) is 13.8 Å². The minimum Gasteiger partial charge on any atom is -0.349 e. The van der Waals surface area contributed by atoms with Gasteiger partial charge in [-0.1, -0.05) is 0 Å². The third kappa shape index (κ3) is 3.76. The van der Waals surface area contributed by atoms with Gasteiger partial charge in [0.2, 0.25) is 5.95 Å². The number of aromatic nitrogens is 3. The second-order valence-electron chi connectivity index (χ2n) is 7.28. The third-order valence-corrected chi connectivity index (χ3v) is 5.32. The fourth-order valence-electron chi connectivity index (χ4n) is 3.78. The van der Waals surface area contributed by atoms with E-state index in [2.05, 4.69) is 50.7 Å². The van der Waals surface area contributed by atoms with Crippen LogP contribution >= 0.6 is 0 Å². The molecule has 0 atom stereocenters. The highest BCUT2D eigenvalue weighted by molar-refractivity contribution is 5.94. The summed E-state index contributed by atoms with van der Waals surface area (Å²) in [5.74, 6) is 0.750. The van der Waals surface area contributed by atoms with Crippen molar-refractivity contribution in [3.8, 4) is 5.69 Å². The van der Waals surface area contributed by atoms with Gasteiger partial charge in [0.25, 0.3) is 5.91 Å². The van der Waals surface area contributed by atoms with E-state index in [1.807, 2.05) is 30.3 Å². The number of piperidine rings is 1. The summed E-state index contributed by atoms with van der Waals surface area (Å²) in [4.78, 5) is 23.4. The van der Waals surface area contributed by atoms with E-state index in [0.29, 0.717) is 5.56 Å². The summed E-state index contributed by atoms with van der Waals surface area (Å²) < 4.78 is 2.18. The van der Waals surface area contributed by atoms with Crippen molar-refractivity contribution in [3.05, 3.63) is 71.8 Å². The van der Waals surface area contributed by atoms with Crippen molar-refractivity contribution in [1.29, 1.82) is 0 Å². The molecule has 4 rings (SSSR count). The Morgan fingerprint density at radius 2 is 1.57 bits per heavy atom. The van der Waals surface area contributed by atoms with E-state index in [9.17, 15) is 4.79 Å². The van der Waals surface area contributed by atoms with Crippen LogP contribution in [0.25, 0.3) is 5.69 Å². The standard InChI is InChI=1S/C22H25N5O/c1-16-4-5-17(2)27(16)20-8-6-18(7-9-20)21(28)25-19-10-14-26(15-11-19)22-23-12-3-13-24-22/h3-9,12-13,19H,10-11,14-15H2,1-2H3,(H,25,28). The van der Waals surface area contributed by atoms with Gasteiger partial charge in [-0.05, 0) is 69.2 Å². The molecule has 1 aliphatic heterocycles. The van der Waals surface area contributed by atoms with E-state index >= 15 is 0 Å². The van der Waals surface area contributed by atoms with Crippen molar-refractivity contribution < 1.29 is 4.79 Å². The molecule has 1 N–H and O–H groups in total. The summed E-state index contributed by atoms with van der Waals surface area (Å²) in [5.41, 5.74) is 4.14. The number of carbonyl (C=O) groups excluding carboxylic acids is 1. The quantitative estimate of drug-likeness (QED) is 0.760. The van der Waals surface area contributed by atoms with E-state index < -0.39 is 0 Å². The van der Waals surface area contributed by atoms with Crippen LogP contribution in [0.4, 0.5) is 5.95 Å². The second-order valence-corrected chi connectivity index (χ2v) is 7.28. The summed E-state index contributed by atoms with van der Waals surface area (Å²) in [7, 11) is 0. The molecule has 0 radical (unpaired) electrons. The molecule has 6 heteroatoms. The first-order valence-electron chi connectivity index (χ1n) is 9.70. The van der Waals surface area contributed by atoms with Crippen LogP contribution in [0.2, 0.25) is 0 Å². The van der Waals surface area contributed by atoms with Gasteiger partial charge in [0, 0.05) is 54.2 Å². The van der Waals surface area contributed by atoms with Crippen molar-refractivity contribution >= 4 is 11.9 Å². The van der Waals surface area contributed by atoms with Crippen molar-refractivity contribution in [1.82, 2.24) is 19.9 Å². The van der Waals surface area contributed by atoms with Gasteiger partial charge in [0.05, 0.1) is 0 Å². The first-order chi connectivity index (χ1) is 13.6. The van der Waals surface area contributed by atoms with Gasteiger partial charge in [-0.25, -0.2) is 9.97 Å². The van der Waals surface area contributed by atoms with E-state index in [0.717, 1.165) is 37.6 Å². The summed E-state index contributed by atoms with van der Waals surface area (Å²) in [6.45, 7) is 5.86. The Balaban J connectivity index is 1.36. The number of nitrogens with zero attached hydrogens (tertiary/aromatic N) is 4. The van der Waals surface area contributed by atoms with Gasteiger partial charge in [0.15, 0.2) is 0 Å². The van der Waals surface area contributed by atoms with E-state index in [1.165, 1.54) is 11.4 Å². The molecule has 0 saturated carbocycles. The molecule has 0 bridgehead atoms. The van der Waals surface area contributed by atoms with Crippen LogP contribution in [-0.4, -0.2) is 39.6 Å². The zero-order chi connectivity index (χ0) is 19.5. The number of rotatable bonds is 4. The Kier molecular flexibility index (Phi) is 5.10. The number of amides is 1. The molecule has 6 nitrogen and oxygen atoms in total. The Bertz CT molecular complexity index is 921. The Morgan fingerprint density at radius 1 is 0.964 bits per heavy atom. The molecule has 1 amide bonds. The minimum atomic E-state index is -0.0121. The number of carbonyl (C=O) groups is 1. The average molecular weight is 375 g/mol. The van der Waals surface area contributed by atoms with Crippen LogP contribution in [0.15, 0.2) is 54.9 Å². The highest BCUT2D eigenvalue weighted by Gasteiger charge is 2.22. The summed E-state index contributed by atoms with van der Waals surface area (Å²) in [6, 6.07) is 14.0. The monoisotopic (exact) mass is 375 g/mol. The van der Waals surface area contributed by atoms with Gasteiger partial charge in [-0.2, -0.15) is 0 Å². The van der Waals surface area contributed by atoms with Crippen LogP contribution < -0.4 is 10.2 Å². The molecule has 0 aliphatic carbocycles. The fourth-order valence-corrected chi connectivity index (χ4v) is 3.78. The minimum absolute atomic E-state index is 0.0121. The smallest absolute Gasteiger partial charge is 0.251 e. The number of nitrogens with one attached hydrogen (secondary N) is 1. The Morgan fingerprint density at radius 3 is 2.18 bits per heavy atom. The summed E-state index contributed by atoms with van der Waals surface area (Å²) in [5, 5.41) is 3.17. The maximum Gasteiger partial charge on any atom is 0.251 e. The normalized spacial score (nSPS) is 14.9. The largest absolute Gasteiger partial charge is 0.349 e. The number of hydrogen-bond donors (Lipinski definition) is 1. The number of aryl methyl sites for hydroxylation is 2. The molecular weight excluding hydrogens is 350 g/mol. The summed E-state index contributed by atoms with van der Waals surface area (Å²) >= 11 is 0. The number of benzene rings is 1. The molecule has 0 spiro atoms. The van der Waals surface area contributed by atoms with Crippen LogP contribution in [0.5, 0.6) is 0 Å². The fraction of sp³-hybridized carbons (Fsp3) is 0.318. The lowest BCUT2D eigenvalue weighted by Crippen LogP contribution is -2.45. The Labute approximate surface area is 165 Å². The molecule has 1 aromatic carbocycles. The maximum atomic E-state index is 12.6. The highest BCUT2D eigenvalue weighted by atomic mass is 16.1. The van der Waals surface area contributed by atoms with Gasteiger partial charge < -0.3 is 14.8 Å². The summed E-state index contributed by atoms with van der Waals surface area (Å²) in [6.07, 6.45) is 5.31. The topological polar surface area (TPSA) is 63.1 Å². The zero-order valence-corrected chi connectivity index (χ0v) is 16.3. The number of anilines is 1. The van der Waals surface area contributed by atoms with E-state index in [4.69, 9.17) is 0 Å². The highest BCUT2D eigenvalue weighted by Crippen LogP contribution is 2.18. The lowest BCUT2D eigenvalue weighted by molar-refractivity contribution is 0.0931. The van der Waals surface area contributed by atoms with E-state index in [-0.39, 0.29) is 11.9 Å². The predicted octanol–water partition coefficient (Wildman–Crippen LogP) is 3.28. The van der Waals surface area contributed by atoms with Gasteiger partial charge >= 0.3 is 0 Å². The number of hydrogen-bond acceptors (Lipinski definition) is 4. The van der Waals surface area contributed by atoms with Crippen molar-refractivity contribution in [2.45, 2.75) is 32.7 Å². The average Bonchev–Trinajstić information content (AvgIpc) is 3.07. The predicted molar refractivity (Wildman–Crippen MR) is 110 cm³/mol. The third-order valence-electron chi connectivity index (χ3n) is 5.32. The van der Waals surface area contributed by atoms with Gasteiger partial charge in [-0.3, -0.25) is 4.79 Å². The molecule has 1 aliphatic rings. The van der Waals surface area contributed by atoms with Gasteiger partial charge in [0.1, 0.15) is 0 Å². The molecule has 1 fully saturated rings. The Hall–Kier alpha value is -3.15. The molecule has 144 valence electrons. The van der Waals surface area contributed by atoms with Crippen LogP contribution in [0.1, 0.15) is 34.6 Å². The van der Waals surface area contributed by atoms with Crippen LogP contribution in [-0.2, 0) is 0 Å². The molecule has 0 unspecified atom stereocenters. The molecule has 2 aromatic heterocycles. The molecule has 3 aromatic rings. The van der Waals surface area contributed by atoms with Gasteiger partial charge in [-0.15, -0.1) is 0 Å². The lowest BCUT2D eigenvalue weighted by atomic mass is 10.0. The first-order valence-corrected chi connectivity index (χ1v) is 9.70. The second kappa shape index (κ2) is 7.84. The molecule has 1 saturated heterocycles. The van der Waals surface area contributed by atoms with Crippen LogP contribution in [0.3, 0.4) is 0 Å². The van der Waals surface area contributed by atoms with E-state index in [1.54, 1.807) is 12.4 Å². The molecule has 28 heavy (non-hydrogen) atoms. The molecular formula is C22H25N5O. The first kappa shape index (κ1) is 18.2.